The average molecular weight is 447 g/mol. The summed E-state index contributed by atoms with van der Waals surface area (Å²) < 4.78 is 5.30. The van der Waals surface area contributed by atoms with Crippen molar-refractivity contribution in [1.29, 1.82) is 10.5 Å². The minimum atomic E-state index is 0.341. The average Bonchev–Trinajstić information content (AvgIpc) is 2.82. The largest absolute Gasteiger partial charge is 0.495 e. The van der Waals surface area contributed by atoms with Gasteiger partial charge < -0.3 is 15.8 Å². The molecule has 4 rings (SSSR count). The van der Waals surface area contributed by atoms with Crippen LogP contribution in [0.5, 0.6) is 5.75 Å². The van der Waals surface area contributed by atoms with E-state index >= 15 is 0 Å². The summed E-state index contributed by atoms with van der Waals surface area (Å²) in [6.45, 7) is 4.08. The number of benzene rings is 3. The highest BCUT2D eigenvalue weighted by Crippen LogP contribution is 2.35. The second-order valence-electron chi connectivity index (χ2n) is 7.78. The van der Waals surface area contributed by atoms with Crippen LogP contribution in [0, 0.1) is 36.5 Å². The quantitative estimate of drug-likeness (QED) is 0.380. The Morgan fingerprint density at radius 3 is 2.47 bits per heavy atom. The molecule has 3 N–H and O–H groups in total. The highest BCUT2D eigenvalue weighted by atomic mass is 16.5. The van der Waals surface area contributed by atoms with E-state index in [4.69, 9.17) is 20.7 Å². The summed E-state index contributed by atoms with van der Waals surface area (Å²) in [6.07, 6.45) is 3.26. The zero-order valence-electron chi connectivity index (χ0n) is 19.0. The molecule has 0 aliphatic rings. The number of nitrogen functional groups attached to an aromatic ring is 1. The standard InChI is InChI=1S/C27H22N6O/c1-16-12-18(6-5-11-28)13-17(2)24(16)21-7-4-8-22-25(21)32-27(33-26(22)30)31-20-10-9-19(15-29)23(14-20)34-3/h4-10,12-14H,1-3H3,(H3,30,31,32,33)/b6-5+. The number of fused-ring (bicyclic) bond motifs is 1. The Balaban J connectivity index is 1.83. The van der Waals surface area contributed by atoms with Crippen molar-refractivity contribution in [3.63, 3.8) is 0 Å². The van der Waals surface area contributed by atoms with Gasteiger partial charge >= 0.3 is 0 Å². The molecule has 34 heavy (non-hydrogen) atoms. The number of anilines is 3. The molecule has 7 nitrogen and oxygen atoms in total. The van der Waals surface area contributed by atoms with Crippen LogP contribution in [0.3, 0.4) is 0 Å². The van der Waals surface area contributed by atoms with Crippen LogP contribution in [0.1, 0.15) is 22.3 Å². The van der Waals surface area contributed by atoms with Crippen LogP contribution in [0.4, 0.5) is 17.5 Å². The first kappa shape index (κ1) is 22.3. The number of aryl methyl sites for hydroxylation is 2. The molecule has 0 amide bonds. The van der Waals surface area contributed by atoms with Crippen LogP contribution in [0.25, 0.3) is 28.1 Å². The number of nitrogens with zero attached hydrogens (tertiary/aromatic N) is 4. The summed E-state index contributed by atoms with van der Waals surface area (Å²) in [5.74, 6) is 1.16. The van der Waals surface area contributed by atoms with Crippen molar-refractivity contribution in [2.24, 2.45) is 0 Å². The van der Waals surface area contributed by atoms with Crippen molar-refractivity contribution >= 4 is 34.4 Å². The normalized spacial score (nSPS) is 10.7. The van der Waals surface area contributed by atoms with Crippen LogP contribution in [-0.2, 0) is 0 Å². The van der Waals surface area contributed by atoms with Crippen molar-refractivity contribution in [1.82, 2.24) is 9.97 Å². The van der Waals surface area contributed by atoms with E-state index in [0.717, 1.165) is 38.7 Å². The van der Waals surface area contributed by atoms with Crippen LogP contribution in [0.15, 0.2) is 54.6 Å². The monoisotopic (exact) mass is 446 g/mol. The van der Waals surface area contributed by atoms with Gasteiger partial charge in [0.2, 0.25) is 5.95 Å². The molecule has 1 aromatic heterocycles. The minimum Gasteiger partial charge on any atom is -0.495 e. The van der Waals surface area contributed by atoms with Gasteiger partial charge in [0, 0.05) is 28.8 Å². The number of nitrogens with one attached hydrogen (secondary N) is 1. The topological polar surface area (TPSA) is 121 Å². The third-order valence-electron chi connectivity index (χ3n) is 5.51. The summed E-state index contributed by atoms with van der Waals surface area (Å²) in [5, 5.41) is 22.0. The number of hydrogen-bond acceptors (Lipinski definition) is 7. The van der Waals surface area contributed by atoms with Gasteiger partial charge in [-0.05, 0) is 60.4 Å². The lowest BCUT2D eigenvalue weighted by Crippen LogP contribution is -2.03. The first-order valence-corrected chi connectivity index (χ1v) is 10.5. The van der Waals surface area contributed by atoms with Gasteiger partial charge in [-0.3, -0.25) is 0 Å². The number of methoxy groups -OCH3 is 1. The number of hydrogen-bond donors (Lipinski definition) is 2. The number of nitrogens with two attached hydrogens (primary N) is 1. The maximum atomic E-state index is 9.22. The first-order chi connectivity index (χ1) is 16.4. The van der Waals surface area contributed by atoms with Crippen molar-refractivity contribution in [2.75, 3.05) is 18.2 Å². The minimum absolute atomic E-state index is 0.341. The zero-order chi connectivity index (χ0) is 24.2. The van der Waals surface area contributed by atoms with Gasteiger partial charge in [0.25, 0.3) is 0 Å². The van der Waals surface area contributed by atoms with E-state index in [1.54, 1.807) is 24.3 Å². The molecule has 0 saturated heterocycles. The fraction of sp³-hybridized carbons (Fsp3) is 0.111. The molecule has 0 unspecified atom stereocenters. The molecule has 0 fully saturated rings. The van der Waals surface area contributed by atoms with Gasteiger partial charge in [-0.15, -0.1) is 0 Å². The Bertz CT molecular complexity index is 1500. The van der Waals surface area contributed by atoms with Crippen LogP contribution < -0.4 is 15.8 Å². The van der Waals surface area contributed by atoms with Crippen molar-refractivity contribution < 1.29 is 4.74 Å². The van der Waals surface area contributed by atoms with Crippen molar-refractivity contribution in [3.05, 3.63) is 76.9 Å². The molecule has 0 aliphatic heterocycles. The molecule has 0 atom stereocenters. The number of allylic oxidation sites excluding steroid dienone is 1. The fourth-order valence-corrected chi connectivity index (χ4v) is 4.08. The Morgan fingerprint density at radius 2 is 1.79 bits per heavy atom. The predicted molar refractivity (Wildman–Crippen MR) is 134 cm³/mol. The molecule has 0 saturated carbocycles. The van der Waals surface area contributed by atoms with Gasteiger partial charge in [0.15, 0.2) is 0 Å². The second kappa shape index (κ2) is 9.32. The SMILES string of the molecule is COc1cc(Nc2nc(N)c3cccc(-c4c(C)cc(/C=C/C#N)cc4C)c3n2)ccc1C#N. The molecule has 0 spiro atoms. The molecule has 0 radical (unpaired) electrons. The summed E-state index contributed by atoms with van der Waals surface area (Å²) >= 11 is 0. The van der Waals surface area contributed by atoms with E-state index in [2.05, 4.69) is 16.4 Å². The molecule has 1 heterocycles. The van der Waals surface area contributed by atoms with Crippen LogP contribution in [-0.4, -0.2) is 17.1 Å². The molecule has 7 heteroatoms. The number of ether oxygens (including phenoxy) is 1. The van der Waals surface area contributed by atoms with E-state index in [1.807, 2.05) is 50.2 Å². The van der Waals surface area contributed by atoms with E-state index < -0.39 is 0 Å². The number of rotatable bonds is 5. The number of para-hydroxylation sites is 1. The maximum absolute atomic E-state index is 9.22. The zero-order valence-corrected chi connectivity index (χ0v) is 19.0. The van der Waals surface area contributed by atoms with Gasteiger partial charge in [-0.25, -0.2) is 4.98 Å². The number of aromatic nitrogens is 2. The lowest BCUT2D eigenvalue weighted by molar-refractivity contribution is 0.413. The maximum Gasteiger partial charge on any atom is 0.229 e. The lowest BCUT2D eigenvalue weighted by atomic mass is 9.92. The van der Waals surface area contributed by atoms with Gasteiger partial charge in [0.05, 0.1) is 24.3 Å². The Labute approximate surface area is 197 Å². The third kappa shape index (κ3) is 4.23. The summed E-state index contributed by atoms with van der Waals surface area (Å²) in [5.41, 5.74) is 13.2. The molecular formula is C27H22N6O. The summed E-state index contributed by atoms with van der Waals surface area (Å²) in [7, 11) is 1.52. The van der Waals surface area contributed by atoms with Crippen molar-refractivity contribution in [3.8, 4) is 29.0 Å². The van der Waals surface area contributed by atoms with E-state index in [1.165, 1.54) is 13.2 Å². The Kier molecular flexibility index (Phi) is 6.11. The highest BCUT2D eigenvalue weighted by molar-refractivity contribution is 6.00. The molecular weight excluding hydrogens is 424 g/mol. The van der Waals surface area contributed by atoms with E-state index in [9.17, 15) is 5.26 Å². The van der Waals surface area contributed by atoms with Crippen molar-refractivity contribution in [2.45, 2.75) is 13.8 Å². The van der Waals surface area contributed by atoms with Gasteiger partial charge in [-0.2, -0.15) is 15.5 Å². The summed E-state index contributed by atoms with van der Waals surface area (Å²) in [6, 6.07) is 19.2. The third-order valence-corrected chi connectivity index (χ3v) is 5.51. The Hall–Kier alpha value is -4.88. The van der Waals surface area contributed by atoms with E-state index in [0.29, 0.717) is 28.8 Å². The van der Waals surface area contributed by atoms with Gasteiger partial charge in [0.1, 0.15) is 17.6 Å². The molecule has 166 valence electrons. The molecule has 3 aromatic carbocycles. The fourth-order valence-electron chi connectivity index (χ4n) is 4.08. The predicted octanol–water partition coefficient (Wildman–Crippen LogP) is 5.66. The number of nitriles is 2. The lowest BCUT2D eigenvalue weighted by Gasteiger charge is -2.15. The molecule has 0 bridgehead atoms. The molecule has 0 aliphatic carbocycles. The first-order valence-electron chi connectivity index (χ1n) is 10.5. The highest BCUT2D eigenvalue weighted by Gasteiger charge is 2.15. The van der Waals surface area contributed by atoms with E-state index in [-0.39, 0.29) is 0 Å². The Morgan fingerprint density at radius 1 is 1.03 bits per heavy atom. The molecule has 4 aromatic rings. The van der Waals surface area contributed by atoms with Gasteiger partial charge in [-0.1, -0.05) is 24.3 Å². The second-order valence-corrected chi connectivity index (χ2v) is 7.78. The van der Waals surface area contributed by atoms with Crippen LogP contribution in [0.2, 0.25) is 0 Å². The summed E-state index contributed by atoms with van der Waals surface area (Å²) in [4.78, 5) is 9.23. The van der Waals surface area contributed by atoms with Crippen LogP contribution >= 0.6 is 0 Å². The smallest absolute Gasteiger partial charge is 0.229 e.